The van der Waals surface area contributed by atoms with Crippen LogP contribution in [0.1, 0.15) is 142 Å². The number of hydrogen-bond acceptors (Lipinski definition) is 9. The largest absolute Gasteiger partial charge is 0.372 e. The topological polar surface area (TPSA) is 235 Å². The molecular weight excluding hydrogens is 795 g/mol. The van der Waals surface area contributed by atoms with Crippen molar-refractivity contribution in [1.82, 2.24) is 31.5 Å². The number of amides is 7. The van der Waals surface area contributed by atoms with E-state index in [0.29, 0.717) is 25.7 Å². The predicted molar refractivity (Wildman–Crippen MR) is 233 cm³/mol. The van der Waals surface area contributed by atoms with Crippen molar-refractivity contribution in [3.63, 3.8) is 0 Å². The summed E-state index contributed by atoms with van der Waals surface area (Å²) >= 11 is 0. The van der Waals surface area contributed by atoms with Gasteiger partial charge in [0, 0.05) is 18.9 Å². The number of ketones is 1. The minimum Gasteiger partial charge on any atom is -0.372 e. The maximum atomic E-state index is 14.7. The number of likely N-dealkylation sites (tertiary alicyclic amines) is 1. The Balaban J connectivity index is 1.45. The third kappa shape index (κ3) is 15.2. The molecule has 7 N–H and O–H groups in total. The van der Waals surface area contributed by atoms with Crippen molar-refractivity contribution in [2.75, 3.05) is 13.1 Å². The number of rotatable bonds is 25. The van der Waals surface area contributed by atoms with E-state index in [1.165, 1.54) is 4.90 Å². The quantitative estimate of drug-likeness (QED) is 0.0791. The Morgan fingerprint density at radius 2 is 1.37 bits per heavy atom. The van der Waals surface area contributed by atoms with E-state index >= 15 is 0 Å². The fraction of sp³-hybridized carbons (Fsp3) is 0.696. The van der Waals surface area contributed by atoms with Crippen LogP contribution in [0.2, 0.25) is 0 Å². The highest BCUT2D eigenvalue weighted by Gasteiger charge is 2.46. The molecule has 3 aliphatic rings. The summed E-state index contributed by atoms with van der Waals surface area (Å²) in [6, 6.07) is 4.54. The molecule has 0 radical (unpaired) electrons. The molecule has 16 nitrogen and oxygen atoms in total. The number of nitrogens with one attached hydrogen (secondary N) is 5. The molecule has 0 aromatic heterocycles. The third-order valence-corrected chi connectivity index (χ3v) is 12.4. The predicted octanol–water partition coefficient (Wildman–Crippen LogP) is 3.23. The number of Topliss-reactive ketones (excluding diaryl/α,β-unsaturated/α-hetero) is 1. The Labute approximate surface area is 366 Å². The molecule has 6 atom stereocenters. The fourth-order valence-electron chi connectivity index (χ4n) is 8.80. The number of nitrogens with zero attached hydrogens (tertiary/aromatic N) is 1. The van der Waals surface area contributed by atoms with Gasteiger partial charge >= 0.3 is 0 Å². The summed E-state index contributed by atoms with van der Waals surface area (Å²) in [5.74, 6) is -5.38. The number of primary amides is 1. The lowest BCUT2D eigenvalue weighted by Crippen LogP contribution is -2.58. The molecule has 0 spiro atoms. The molecule has 2 aliphatic carbocycles. The monoisotopic (exact) mass is 866 g/mol. The summed E-state index contributed by atoms with van der Waals surface area (Å²) in [7, 11) is 0. The van der Waals surface area contributed by atoms with Crippen molar-refractivity contribution >= 4 is 47.1 Å². The zero-order valence-electron chi connectivity index (χ0n) is 37.1. The molecule has 1 aromatic carbocycles. The zero-order valence-corrected chi connectivity index (χ0v) is 37.1. The fourth-order valence-corrected chi connectivity index (χ4v) is 8.80. The lowest BCUT2D eigenvalue weighted by atomic mass is 9.83. The summed E-state index contributed by atoms with van der Waals surface area (Å²) in [5.41, 5.74) is 6.42. The van der Waals surface area contributed by atoms with Crippen molar-refractivity contribution in [3.8, 4) is 0 Å². The van der Waals surface area contributed by atoms with Gasteiger partial charge in [-0.25, -0.2) is 0 Å². The van der Waals surface area contributed by atoms with Crippen LogP contribution in [0, 0.1) is 11.8 Å². The van der Waals surface area contributed by atoms with Crippen LogP contribution in [0.25, 0.3) is 0 Å². The molecule has 7 amide bonds. The molecule has 1 aromatic rings. The summed E-state index contributed by atoms with van der Waals surface area (Å²) in [5, 5.41) is 13.4. The minimum atomic E-state index is -1.26. The Morgan fingerprint density at radius 1 is 0.726 bits per heavy atom. The number of carbonyl (C=O) groups excluding carboxylic acids is 8. The lowest BCUT2D eigenvalue weighted by Gasteiger charge is -2.35. The van der Waals surface area contributed by atoms with Gasteiger partial charge in [-0.05, 0) is 56.4 Å². The van der Waals surface area contributed by atoms with E-state index in [2.05, 4.69) is 26.6 Å². The number of hydrogen-bond donors (Lipinski definition) is 6. The first kappa shape index (κ1) is 49.8. The Hall–Kier alpha value is -4.86. The summed E-state index contributed by atoms with van der Waals surface area (Å²) < 4.78 is 6.26. The molecule has 62 heavy (non-hydrogen) atoms. The molecule has 2 saturated carbocycles. The van der Waals surface area contributed by atoms with E-state index in [0.717, 1.165) is 76.2 Å². The third-order valence-electron chi connectivity index (χ3n) is 12.4. The Morgan fingerprint density at radius 3 is 2.00 bits per heavy atom. The number of benzene rings is 1. The average molecular weight is 866 g/mol. The van der Waals surface area contributed by atoms with Crippen molar-refractivity contribution in [1.29, 1.82) is 0 Å². The van der Waals surface area contributed by atoms with Gasteiger partial charge in [0.05, 0.1) is 25.3 Å². The van der Waals surface area contributed by atoms with Gasteiger partial charge < -0.3 is 42.0 Å². The van der Waals surface area contributed by atoms with Crippen LogP contribution in [0.15, 0.2) is 30.3 Å². The van der Waals surface area contributed by atoms with Gasteiger partial charge in [-0.15, -0.1) is 0 Å². The normalized spacial score (nSPS) is 20.0. The molecule has 1 aliphatic heterocycles. The Bertz CT molecular complexity index is 1660. The molecule has 4 unspecified atom stereocenters. The average Bonchev–Trinajstić information content (AvgIpc) is 3.98. The second kappa shape index (κ2) is 25.9. The summed E-state index contributed by atoms with van der Waals surface area (Å²) in [6.07, 6.45) is 11.6. The van der Waals surface area contributed by atoms with Gasteiger partial charge in [0.25, 0.3) is 5.91 Å². The standard InChI is InChI=1S/C46H71N7O9/c1-4-7-24-35(41(47)56)51-43(58)36(25-8-5-2)49-38(54)27-48-45(60)40(55)34(17-6-3)50-44(59)37-26-33(62-29-30-18-11-9-12-19-30)28-53(37)46(61)39(31-20-13-10-14-21-31)52-42(57)32-22-15-16-23-32/h9,11-12,18-19,31-37,39H,4-8,10,13-17,20-29H2,1-3H3,(H2,47,56)(H,48,60)(H,49,54)(H,50,59)(H,51,58)(H,52,57)/t33-,34?,35?,36?,37+,39?/m1/s1. The van der Waals surface area contributed by atoms with E-state index in [-0.39, 0.29) is 56.1 Å². The van der Waals surface area contributed by atoms with Gasteiger partial charge in [0.2, 0.25) is 41.2 Å². The van der Waals surface area contributed by atoms with E-state index in [4.69, 9.17) is 10.5 Å². The van der Waals surface area contributed by atoms with Crippen LogP contribution in [0.4, 0.5) is 0 Å². The highest BCUT2D eigenvalue weighted by molar-refractivity contribution is 6.38. The first-order valence-corrected chi connectivity index (χ1v) is 23.1. The first-order chi connectivity index (χ1) is 29.9. The van der Waals surface area contributed by atoms with Crippen molar-refractivity contribution < 1.29 is 43.1 Å². The van der Waals surface area contributed by atoms with Crippen molar-refractivity contribution in [3.05, 3.63) is 35.9 Å². The number of nitrogens with two attached hydrogens (primary N) is 1. The van der Waals surface area contributed by atoms with Crippen LogP contribution in [0.5, 0.6) is 0 Å². The lowest BCUT2D eigenvalue weighted by molar-refractivity contribution is -0.145. The SMILES string of the molecule is CCCCC(NC(=O)C(CCCC)NC(=O)CNC(=O)C(=O)C(CCC)NC(=O)[C@@H]1C[C@@H](OCc2ccccc2)CN1C(=O)C(NC(=O)C1CCCC1)C1CCCCC1)C(N)=O. The van der Waals surface area contributed by atoms with E-state index < -0.39 is 78.2 Å². The number of ether oxygens (including phenoxy) is 1. The van der Waals surface area contributed by atoms with Crippen molar-refractivity contribution in [2.24, 2.45) is 17.6 Å². The second-order valence-electron chi connectivity index (χ2n) is 17.3. The summed E-state index contributed by atoms with van der Waals surface area (Å²) in [6.45, 7) is 5.41. The number of carbonyl (C=O) groups is 8. The van der Waals surface area contributed by atoms with Gasteiger partial charge in [-0.3, -0.25) is 38.4 Å². The number of unbranched alkanes of at least 4 members (excludes halogenated alkanes) is 2. The molecular formula is C46H71N7O9. The zero-order chi connectivity index (χ0) is 45.0. The molecule has 344 valence electrons. The molecule has 16 heteroatoms. The van der Waals surface area contributed by atoms with Gasteiger partial charge in [0.15, 0.2) is 0 Å². The van der Waals surface area contributed by atoms with Gasteiger partial charge in [-0.2, -0.15) is 0 Å². The summed E-state index contributed by atoms with van der Waals surface area (Å²) in [4.78, 5) is 109. The minimum absolute atomic E-state index is 0.0842. The van der Waals surface area contributed by atoms with Gasteiger partial charge in [0.1, 0.15) is 24.2 Å². The molecule has 0 bridgehead atoms. The highest BCUT2D eigenvalue weighted by Crippen LogP contribution is 2.32. The highest BCUT2D eigenvalue weighted by atomic mass is 16.5. The van der Waals surface area contributed by atoms with Gasteiger partial charge in [-0.1, -0.05) is 115 Å². The molecule has 1 saturated heterocycles. The first-order valence-electron chi connectivity index (χ1n) is 23.1. The van der Waals surface area contributed by atoms with E-state index in [1.54, 1.807) is 6.92 Å². The van der Waals surface area contributed by atoms with Crippen LogP contribution >= 0.6 is 0 Å². The second-order valence-corrected chi connectivity index (χ2v) is 17.3. The van der Waals surface area contributed by atoms with Crippen LogP contribution < -0.4 is 32.3 Å². The maximum absolute atomic E-state index is 14.7. The van der Waals surface area contributed by atoms with E-state index in [1.807, 2.05) is 44.2 Å². The van der Waals surface area contributed by atoms with Crippen LogP contribution in [0.3, 0.4) is 0 Å². The van der Waals surface area contributed by atoms with Crippen molar-refractivity contribution in [2.45, 2.75) is 179 Å². The molecule has 1 heterocycles. The maximum Gasteiger partial charge on any atom is 0.290 e. The van der Waals surface area contributed by atoms with Crippen LogP contribution in [-0.4, -0.2) is 101 Å². The smallest absolute Gasteiger partial charge is 0.290 e. The van der Waals surface area contributed by atoms with E-state index in [9.17, 15) is 38.4 Å². The Kier molecular flexibility index (Phi) is 20.8. The molecule has 4 rings (SSSR count). The van der Waals surface area contributed by atoms with Crippen LogP contribution in [-0.2, 0) is 49.7 Å². The molecule has 3 fully saturated rings.